The van der Waals surface area contributed by atoms with E-state index in [-0.39, 0.29) is 39.8 Å². The van der Waals surface area contributed by atoms with Crippen LogP contribution in [0.25, 0.3) is 0 Å². The minimum Gasteiger partial charge on any atom is -0.481 e. The molecular formula is C37H56N2O9. The molecule has 4 saturated carbocycles. The Morgan fingerprint density at radius 1 is 0.958 bits per heavy atom. The maximum atomic E-state index is 14.6. The Balaban J connectivity index is 1.44. The quantitative estimate of drug-likeness (QED) is 0.233. The van der Waals surface area contributed by atoms with Crippen LogP contribution in [0.5, 0.6) is 0 Å². The van der Waals surface area contributed by atoms with Gasteiger partial charge in [0.2, 0.25) is 5.91 Å². The number of aliphatic carboxylic acids is 2. The van der Waals surface area contributed by atoms with E-state index in [4.69, 9.17) is 10.5 Å². The van der Waals surface area contributed by atoms with Crippen LogP contribution in [-0.4, -0.2) is 69.7 Å². The monoisotopic (exact) mass is 672 g/mol. The van der Waals surface area contributed by atoms with Gasteiger partial charge in [-0.05, 0) is 104 Å². The Hall–Kier alpha value is -2.79. The van der Waals surface area contributed by atoms with Crippen LogP contribution >= 0.6 is 0 Å². The second-order valence-corrected chi connectivity index (χ2v) is 17.8. The zero-order chi connectivity index (χ0) is 35.8. The number of allylic oxidation sites excluding steroid dienone is 2. The summed E-state index contributed by atoms with van der Waals surface area (Å²) in [5.74, 6) is -3.84. The highest BCUT2D eigenvalue weighted by Crippen LogP contribution is 2.75. The highest BCUT2D eigenvalue weighted by molar-refractivity contribution is 5.96. The highest BCUT2D eigenvalue weighted by atomic mass is 16.5. The smallest absolute Gasteiger partial charge is 0.329 e. The fourth-order valence-electron chi connectivity index (χ4n) is 11.5. The van der Waals surface area contributed by atoms with Gasteiger partial charge in [0.25, 0.3) is 0 Å². The molecule has 11 nitrogen and oxygen atoms in total. The topological polar surface area (TPSA) is 193 Å². The zero-order valence-corrected chi connectivity index (χ0v) is 29.7. The van der Waals surface area contributed by atoms with Crippen molar-refractivity contribution in [3.63, 3.8) is 0 Å². The summed E-state index contributed by atoms with van der Waals surface area (Å²) < 4.78 is 6.02. The lowest BCUT2D eigenvalue weighted by atomic mass is 9.33. The maximum Gasteiger partial charge on any atom is 0.329 e. The number of hydrogen-bond donors (Lipinski definition) is 5. The molecule has 6 N–H and O–H groups in total. The van der Waals surface area contributed by atoms with Gasteiger partial charge in [-0.1, -0.05) is 47.1 Å². The average molecular weight is 673 g/mol. The summed E-state index contributed by atoms with van der Waals surface area (Å²) in [6.45, 7) is 14.4. The lowest BCUT2D eigenvalue weighted by Gasteiger charge is -2.70. The van der Waals surface area contributed by atoms with Crippen LogP contribution in [0.3, 0.4) is 0 Å². The van der Waals surface area contributed by atoms with Gasteiger partial charge in [0.05, 0.1) is 18.4 Å². The van der Waals surface area contributed by atoms with Gasteiger partial charge in [0, 0.05) is 11.3 Å². The third kappa shape index (κ3) is 5.42. The number of nitrogens with one attached hydrogen (secondary N) is 1. The van der Waals surface area contributed by atoms with Crippen molar-refractivity contribution < 1.29 is 44.0 Å². The molecule has 4 fully saturated rings. The molecule has 11 heteroatoms. The number of aliphatic hydroxyl groups is 1. The van der Waals surface area contributed by atoms with Crippen molar-refractivity contribution in [1.82, 2.24) is 5.32 Å². The van der Waals surface area contributed by atoms with Crippen molar-refractivity contribution in [2.24, 2.45) is 56.0 Å². The first-order chi connectivity index (χ1) is 22.1. The molecule has 1 unspecified atom stereocenters. The zero-order valence-electron chi connectivity index (χ0n) is 29.7. The van der Waals surface area contributed by atoms with E-state index in [9.17, 15) is 39.3 Å². The number of carbonyl (C=O) groups is 5. The van der Waals surface area contributed by atoms with Crippen molar-refractivity contribution in [3.05, 3.63) is 11.6 Å². The maximum absolute atomic E-state index is 14.6. The van der Waals surface area contributed by atoms with Crippen LogP contribution in [0.2, 0.25) is 0 Å². The number of carboxylic acid groups (broad SMARTS) is 2. The molecule has 0 saturated heterocycles. The van der Waals surface area contributed by atoms with E-state index in [2.05, 4.69) is 46.9 Å². The van der Waals surface area contributed by atoms with Crippen molar-refractivity contribution in [2.45, 2.75) is 131 Å². The molecule has 1 amide bonds. The summed E-state index contributed by atoms with van der Waals surface area (Å²) in [7, 11) is 0. The molecule has 0 aromatic carbocycles. The van der Waals surface area contributed by atoms with Crippen LogP contribution in [0.4, 0.5) is 0 Å². The number of ether oxygens (including phenoxy) is 1. The van der Waals surface area contributed by atoms with Crippen molar-refractivity contribution >= 4 is 29.6 Å². The van der Waals surface area contributed by atoms with Gasteiger partial charge in [-0.2, -0.15) is 0 Å². The second kappa shape index (κ2) is 11.9. The fraction of sp³-hybridized carbons (Fsp3) is 0.811. The molecule has 5 aliphatic rings. The third-order valence-electron chi connectivity index (χ3n) is 14.8. The van der Waals surface area contributed by atoms with Gasteiger partial charge in [-0.25, -0.2) is 4.79 Å². The number of hydrogen-bond acceptors (Lipinski definition) is 8. The molecule has 48 heavy (non-hydrogen) atoms. The first kappa shape index (κ1) is 36.5. The Bertz CT molecular complexity index is 1420. The van der Waals surface area contributed by atoms with Gasteiger partial charge in [-0.3, -0.25) is 19.2 Å². The minimum absolute atomic E-state index is 0.0197. The average Bonchev–Trinajstić information content (AvgIpc) is 2.99. The molecule has 0 bridgehead atoms. The Morgan fingerprint density at radius 3 is 2.21 bits per heavy atom. The first-order valence-corrected chi connectivity index (χ1v) is 17.7. The third-order valence-corrected chi connectivity index (χ3v) is 14.8. The van der Waals surface area contributed by atoms with Crippen LogP contribution < -0.4 is 11.1 Å². The van der Waals surface area contributed by atoms with E-state index < -0.39 is 71.3 Å². The molecule has 0 spiro atoms. The molecule has 0 aromatic heterocycles. The summed E-state index contributed by atoms with van der Waals surface area (Å²) in [6, 6.07) is -2.77. The van der Waals surface area contributed by atoms with Gasteiger partial charge < -0.3 is 31.1 Å². The number of carbonyl (C=O) groups excluding carboxylic acids is 3. The fourth-order valence-corrected chi connectivity index (χ4v) is 11.5. The van der Waals surface area contributed by atoms with E-state index in [0.717, 1.165) is 37.7 Å². The molecule has 268 valence electrons. The van der Waals surface area contributed by atoms with E-state index in [1.807, 2.05) is 13.0 Å². The number of ketones is 1. The lowest BCUT2D eigenvalue weighted by molar-refractivity contribution is -0.212. The van der Waals surface area contributed by atoms with Gasteiger partial charge in [0.15, 0.2) is 5.78 Å². The van der Waals surface area contributed by atoms with E-state index >= 15 is 0 Å². The van der Waals surface area contributed by atoms with Gasteiger partial charge in [-0.15, -0.1) is 0 Å². The number of carboxylic acids is 2. The Kier molecular flexibility index (Phi) is 9.06. The molecule has 0 aromatic rings. The molecule has 0 heterocycles. The SMILES string of the molecule is CC1(C)[C@@H](OC(=O)[C@H](CC(=O)O)NC(=O)[C@@H](N)CO)CC[C@]2(C)C3C(=O)C=C4[C@@H]5C[C@@](C)(C(=O)O)CC[C@]5(C)CC[C@@]4(C)[C@]3(C)CC[C@@H]12. The summed E-state index contributed by atoms with van der Waals surface area (Å²) in [4.78, 5) is 64.3. The number of fused-ring (bicyclic) bond motifs is 7. The van der Waals surface area contributed by atoms with Crippen LogP contribution in [-0.2, 0) is 28.7 Å². The summed E-state index contributed by atoms with van der Waals surface area (Å²) in [5, 5.41) is 31.2. The Morgan fingerprint density at radius 2 is 1.60 bits per heavy atom. The summed E-state index contributed by atoms with van der Waals surface area (Å²) >= 11 is 0. The second-order valence-electron chi connectivity index (χ2n) is 17.8. The van der Waals surface area contributed by atoms with E-state index in [1.165, 1.54) is 0 Å². The minimum atomic E-state index is -1.46. The molecule has 0 aliphatic heterocycles. The number of rotatable bonds is 8. The summed E-state index contributed by atoms with van der Waals surface area (Å²) in [6.07, 6.45) is 7.37. The molecular weight excluding hydrogens is 616 g/mol. The van der Waals surface area contributed by atoms with Crippen LogP contribution in [0, 0.1) is 50.2 Å². The molecule has 0 radical (unpaired) electrons. The molecule has 5 aliphatic carbocycles. The number of aliphatic hydroxyl groups excluding tert-OH is 1. The number of nitrogens with two attached hydrogens (primary N) is 1. The first-order valence-electron chi connectivity index (χ1n) is 17.7. The Labute approximate surface area is 283 Å². The molecule has 5 rings (SSSR count). The van der Waals surface area contributed by atoms with Gasteiger partial charge in [0.1, 0.15) is 18.2 Å². The van der Waals surface area contributed by atoms with Crippen LogP contribution in [0.1, 0.15) is 113 Å². The highest BCUT2D eigenvalue weighted by Gasteiger charge is 2.70. The van der Waals surface area contributed by atoms with Gasteiger partial charge >= 0.3 is 17.9 Å². The predicted molar refractivity (Wildman–Crippen MR) is 176 cm³/mol. The van der Waals surface area contributed by atoms with E-state index in [0.29, 0.717) is 25.7 Å². The number of esters is 1. The van der Waals surface area contributed by atoms with Crippen molar-refractivity contribution in [2.75, 3.05) is 6.61 Å². The predicted octanol–water partition coefficient (Wildman–Crippen LogP) is 4.24. The lowest BCUT2D eigenvalue weighted by Crippen LogP contribution is -2.67. The molecule has 11 atom stereocenters. The van der Waals surface area contributed by atoms with Crippen molar-refractivity contribution in [3.8, 4) is 0 Å². The number of amides is 1. The normalized spacial score (nSPS) is 42.8. The van der Waals surface area contributed by atoms with Crippen molar-refractivity contribution in [1.29, 1.82) is 0 Å². The summed E-state index contributed by atoms with van der Waals surface area (Å²) in [5.41, 5.74) is 4.34. The largest absolute Gasteiger partial charge is 0.481 e. The van der Waals surface area contributed by atoms with E-state index in [1.54, 1.807) is 0 Å². The standard InChI is InChI=1S/C37H56N2O9/c1-32(2)25-8-11-37(7)28(24(41)16-20-21-18-34(4,31(46)47)13-12-33(21,3)14-15-36(20,37)6)35(25,5)10-9-26(32)48-30(45)23(17-27(42)43)39-29(44)22(38)19-40/h16,21-23,25-26,28,40H,8-15,17-19,38H2,1-7H3,(H,39,44)(H,42,43)(H,46,47)/t21-,22-,23-,25-,26-,28?,33+,34-,35-,36+,37+/m0/s1. The van der Waals surface area contributed by atoms with Crippen LogP contribution in [0.15, 0.2) is 11.6 Å².